The maximum absolute atomic E-state index is 11.7. The number of ether oxygens (including phenoxy) is 2. The summed E-state index contributed by atoms with van der Waals surface area (Å²) in [5, 5.41) is 0. The zero-order valence-electron chi connectivity index (χ0n) is 15.7. The Balaban J connectivity index is 0.000000561. The van der Waals surface area contributed by atoms with Crippen molar-refractivity contribution in [2.24, 2.45) is 17.8 Å². The molecular weight excluding hydrogens is 308 g/mol. The summed E-state index contributed by atoms with van der Waals surface area (Å²) in [5.41, 5.74) is 0. The van der Waals surface area contributed by atoms with Crippen molar-refractivity contribution in [2.45, 2.75) is 59.3 Å². The molecule has 0 aromatic rings. The van der Waals surface area contributed by atoms with Crippen LogP contribution in [0.15, 0.2) is 12.2 Å². The van der Waals surface area contributed by atoms with E-state index in [4.69, 9.17) is 0 Å². The second kappa shape index (κ2) is 12.7. The third-order valence-electron chi connectivity index (χ3n) is 4.00. The lowest BCUT2D eigenvalue weighted by Crippen LogP contribution is -2.18. The van der Waals surface area contributed by atoms with Gasteiger partial charge in [-0.25, -0.2) is 0 Å². The lowest BCUT2D eigenvalue weighted by Gasteiger charge is -2.15. The Morgan fingerprint density at radius 1 is 1.17 bits per heavy atom. The van der Waals surface area contributed by atoms with E-state index in [9.17, 15) is 14.4 Å². The average molecular weight is 340 g/mol. The van der Waals surface area contributed by atoms with Crippen molar-refractivity contribution < 1.29 is 23.9 Å². The summed E-state index contributed by atoms with van der Waals surface area (Å²) >= 11 is 0. The quantitative estimate of drug-likeness (QED) is 0.522. The summed E-state index contributed by atoms with van der Waals surface area (Å²) in [6.07, 6.45) is 8.24. The summed E-state index contributed by atoms with van der Waals surface area (Å²) in [4.78, 5) is 33.3. The zero-order chi connectivity index (χ0) is 18.5. The monoisotopic (exact) mass is 340 g/mol. The van der Waals surface area contributed by atoms with Gasteiger partial charge in [0.25, 0.3) is 0 Å². The highest BCUT2D eigenvalue weighted by molar-refractivity contribution is 5.84. The smallest absolute Gasteiger partial charge is 0.305 e. The van der Waals surface area contributed by atoms with Crippen LogP contribution in [0.25, 0.3) is 0 Å². The third-order valence-corrected chi connectivity index (χ3v) is 4.00. The second-order valence-corrected chi connectivity index (χ2v) is 6.44. The number of ketones is 1. The van der Waals surface area contributed by atoms with Gasteiger partial charge in [-0.3, -0.25) is 14.4 Å². The first kappa shape index (κ1) is 22.4. The van der Waals surface area contributed by atoms with Crippen LogP contribution in [0.2, 0.25) is 0 Å². The molecular formula is C19H32O5. The van der Waals surface area contributed by atoms with Crippen molar-refractivity contribution in [3.05, 3.63) is 12.2 Å². The van der Waals surface area contributed by atoms with Crippen molar-refractivity contribution in [1.29, 1.82) is 0 Å². The Morgan fingerprint density at radius 3 is 2.25 bits per heavy atom. The predicted octanol–water partition coefficient (Wildman–Crippen LogP) is 3.71. The molecule has 0 N–H and O–H groups in total. The van der Waals surface area contributed by atoms with E-state index in [2.05, 4.69) is 28.5 Å². The minimum Gasteiger partial charge on any atom is -0.469 e. The molecule has 5 heteroatoms. The molecule has 0 amide bonds. The lowest BCUT2D eigenvalue weighted by atomic mass is 9.89. The summed E-state index contributed by atoms with van der Waals surface area (Å²) in [6.45, 7) is 6.03. The van der Waals surface area contributed by atoms with Crippen LogP contribution >= 0.6 is 0 Å². The van der Waals surface area contributed by atoms with E-state index in [1.54, 1.807) is 0 Å². The summed E-state index contributed by atoms with van der Waals surface area (Å²) < 4.78 is 9.08. The number of allylic oxidation sites excluding steroid dienone is 2. The Hall–Kier alpha value is -1.65. The normalized spacial score (nSPS) is 20.0. The molecule has 2 atom stereocenters. The molecule has 0 radical (unpaired) electrons. The Kier molecular flexibility index (Phi) is 11.9. The molecule has 0 heterocycles. The number of Topliss-reactive ketones (excluding diaryl/α,β-unsaturated/α-hetero) is 1. The van der Waals surface area contributed by atoms with Crippen LogP contribution < -0.4 is 0 Å². The molecule has 0 bridgehead atoms. The van der Waals surface area contributed by atoms with Crippen LogP contribution in [0.4, 0.5) is 0 Å². The predicted molar refractivity (Wildman–Crippen MR) is 93.4 cm³/mol. The molecule has 0 spiro atoms. The number of carbonyl (C=O) groups is 3. The van der Waals surface area contributed by atoms with E-state index in [1.807, 2.05) is 13.8 Å². The molecule has 1 fully saturated rings. The number of methoxy groups -OCH3 is 2. The van der Waals surface area contributed by atoms with Gasteiger partial charge < -0.3 is 9.47 Å². The fraction of sp³-hybridized carbons (Fsp3) is 0.737. The first-order chi connectivity index (χ1) is 11.3. The van der Waals surface area contributed by atoms with Crippen LogP contribution in [0.3, 0.4) is 0 Å². The minimum absolute atomic E-state index is 0.0295. The van der Waals surface area contributed by atoms with Crippen LogP contribution in [-0.2, 0) is 23.9 Å². The summed E-state index contributed by atoms with van der Waals surface area (Å²) in [7, 11) is 2.80. The molecule has 1 aliphatic rings. The Labute approximate surface area is 145 Å². The molecule has 138 valence electrons. The van der Waals surface area contributed by atoms with Gasteiger partial charge in [-0.15, -0.1) is 0 Å². The first-order valence-electron chi connectivity index (χ1n) is 8.66. The number of hydrogen-bond donors (Lipinski definition) is 0. The Bertz CT molecular complexity index is 425. The standard InChI is InChI=1S/C13H20O3.C6H12O2/c1-3-4-5-6-11-10(7-8-12(11)14)9-13(15)16-2;1-5(2)4-6(7)8-3/h4-5,10-11H,3,6-9H2,1-2H3;5H,4H2,1-3H3/b5-4-;/t10-,11-;/m1./s1. The van der Waals surface area contributed by atoms with Gasteiger partial charge in [0.15, 0.2) is 0 Å². The molecule has 0 aromatic carbocycles. The van der Waals surface area contributed by atoms with Gasteiger partial charge in [0.2, 0.25) is 0 Å². The van der Waals surface area contributed by atoms with Gasteiger partial charge >= 0.3 is 11.9 Å². The van der Waals surface area contributed by atoms with E-state index >= 15 is 0 Å². The van der Waals surface area contributed by atoms with Crippen molar-refractivity contribution in [2.75, 3.05) is 14.2 Å². The van der Waals surface area contributed by atoms with E-state index in [0.29, 0.717) is 31.0 Å². The molecule has 0 unspecified atom stereocenters. The molecule has 1 saturated carbocycles. The maximum Gasteiger partial charge on any atom is 0.305 e. The average Bonchev–Trinajstić information content (AvgIpc) is 2.88. The summed E-state index contributed by atoms with van der Waals surface area (Å²) in [6, 6.07) is 0. The van der Waals surface area contributed by atoms with Crippen LogP contribution in [0.1, 0.15) is 59.3 Å². The second-order valence-electron chi connectivity index (χ2n) is 6.44. The van der Waals surface area contributed by atoms with Gasteiger partial charge in [0.05, 0.1) is 14.2 Å². The van der Waals surface area contributed by atoms with Crippen LogP contribution in [-0.4, -0.2) is 31.9 Å². The highest BCUT2D eigenvalue weighted by Crippen LogP contribution is 2.34. The van der Waals surface area contributed by atoms with E-state index in [0.717, 1.165) is 19.3 Å². The highest BCUT2D eigenvalue weighted by atomic mass is 16.5. The SMILES string of the molecule is CC/C=C\C[C@H]1C(=O)CC[C@@H]1CC(=O)OC.COC(=O)CC(C)C. The van der Waals surface area contributed by atoms with E-state index in [-0.39, 0.29) is 23.8 Å². The fourth-order valence-electron chi connectivity index (χ4n) is 2.67. The van der Waals surface area contributed by atoms with Crippen molar-refractivity contribution in [1.82, 2.24) is 0 Å². The maximum atomic E-state index is 11.7. The van der Waals surface area contributed by atoms with Crippen molar-refractivity contribution in [3.63, 3.8) is 0 Å². The zero-order valence-corrected chi connectivity index (χ0v) is 15.7. The van der Waals surface area contributed by atoms with Crippen molar-refractivity contribution >= 4 is 17.7 Å². The number of rotatable bonds is 7. The minimum atomic E-state index is -0.204. The Morgan fingerprint density at radius 2 is 1.79 bits per heavy atom. The van der Waals surface area contributed by atoms with Gasteiger partial charge in [-0.1, -0.05) is 32.9 Å². The molecule has 1 rings (SSSR count). The van der Waals surface area contributed by atoms with Gasteiger partial charge in [0.1, 0.15) is 5.78 Å². The number of carbonyl (C=O) groups excluding carboxylic acids is 3. The third kappa shape index (κ3) is 9.48. The van der Waals surface area contributed by atoms with Gasteiger partial charge in [-0.2, -0.15) is 0 Å². The lowest BCUT2D eigenvalue weighted by molar-refractivity contribution is -0.142. The molecule has 0 saturated heterocycles. The summed E-state index contributed by atoms with van der Waals surface area (Å²) in [5.74, 6) is 0.588. The molecule has 0 aliphatic heterocycles. The largest absolute Gasteiger partial charge is 0.469 e. The molecule has 0 aromatic heterocycles. The fourth-order valence-corrected chi connectivity index (χ4v) is 2.67. The molecule has 5 nitrogen and oxygen atoms in total. The number of esters is 2. The van der Waals surface area contributed by atoms with Crippen molar-refractivity contribution in [3.8, 4) is 0 Å². The van der Waals surface area contributed by atoms with Crippen LogP contribution in [0, 0.1) is 17.8 Å². The van der Waals surface area contributed by atoms with E-state index in [1.165, 1.54) is 14.2 Å². The highest BCUT2D eigenvalue weighted by Gasteiger charge is 2.34. The van der Waals surface area contributed by atoms with E-state index < -0.39 is 0 Å². The van der Waals surface area contributed by atoms with Gasteiger partial charge in [0, 0.05) is 25.2 Å². The van der Waals surface area contributed by atoms with Crippen LogP contribution in [0.5, 0.6) is 0 Å². The number of hydrogen-bond acceptors (Lipinski definition) is 5. The first-order valence-corrected chi connectivity index (χ1v) is 8.66. The molecule has 24 heavy (non-hydrogen) atoms. The van der Waals surface area contributed by atoms with Gasteiger partial charge in [-0.05, 0) is 31.1 Å². The topological polar surface area (TPSA) is 69.7 Å². The molecule has 1 aliphatic carbocycles.